The van der Waals surface area contributed by atoms with Gasteiger partial charge in [-0.15, -0.1) is 0 Å². The fourth-order valence-corrected chi connectivity index (χ4v) is 9.17. The SMILES string of the molecule is CCOc1ccc2c(c1)C(=C1SC(C(=O)OC)=C(C(=O)OC)S1)C(=S)C(C)(C)N2S(=O)(=O)c1ccc(C)cc1. The number of sulfonamides is 1. The topological polar surface area (TPSA) is 99.2 Å². The third kappa shape index (κ3) is 5.10. The second-order valence-electron chi connectivity index (χ2n) is 9.09. The van der Waals surface area contributed by atoms with E-state index in [4.69, 9.17) is 26.4 Å². The lowest BCUT2D eigenvalue weighted by atomic mass is 9.85. The number of nitrogens with zero attached hydrogens (tertiary/aromatic N) is 1. The first-order chi connectivity index (χ1) is 18.4. The Kier molecular flexibility index (Phi) is 8.23. The molecule has 4 rings (SSSR count). The number of carbonyl (C=O) groups is 2. The molecule has 39 heavy (non-hydrogen) atoms. The van der Waals surface area contributed by atoms with E-state index in [1.807, 2.05) is 13.8 Å². The minimum absolute atomic E-state index is 0.0784. The lowest BCUT2D eigenvalue weighted by molar-refractivity contribution is -0.138. The Balaban J connectivity index is 1.98. The van der Waals surface area contributed by atoms with Crippen molar-refractivity contribution in [2.75, 3.05) is 25.1 Å². The fourth-order valence-electron chi connectivity index (χ4n) is 4.27. The highest BCUT2D eigenvalue weighted by molar-refractivity contribution is 8.29. The van der Waals surface area contributed by atoms with E-state index in [1.165, 1.54) is 18.5 Å². The predicted molar refractivity (Wildman–Crippen MR) is 158 cm³/mol. The molecule has 0 saturated heterocycles. The molecule has 0 saturated carbocycles. The van der Waals surface area contributed by atoms with Crippen molar-refractivity contribution in [3.05, 3.63) is 67.6 Å². The number of thioether (sulfide) groups is 2. The zero-order chi connectivity index (χ0) is 28.7. The maximum absolute atomic E-state index is 14.1. The van der Waals surface area contributed by atoms with E-state index in [1.54, 1.807) is 56.3 Å². The number of carbonyl (C=O) groups excluding carboxylic acids is 2. The minimum atomic E-state index is -4.05. The number of ether oxygens (including phenoxy) is 3. The first kappa shape index (κ1) is 29.2. The Hall–Kier alpha value is -2.80. The van der Waals surface area contributed by atoms with Crippen molar-refractivity contribution >= 4 is 73.8 Å². The van der Waals surface area contributed by atoms with Crippen LogP contribution in [0.3, 0.4) is 0 Å². The molecule has 0 atom stereocenters. The van der Waals surface area contributed by atoms with Gasteiger partial charge < -0.3 is 14.2 Å². The number of thiocarbonyl (C=S) groups is 1. The third-order valence-electron chi connectivity index (χ3n) is 6.16. The first-order valence-corrected chi connectivity index (χ1v) is 15.3. The highest BCUT2D eigenvalue weighted by atomic mass is 32.2. The van der Waals surface area contributed by atoms with Crippen LogP contribution in [0, 0.1) is 6.92 Å². The normalized spacial score (nSPS) is 16.8. The highest BCUT2D eigenvalue weighted by Crippen LogP contribution is 2.57. The van der Waals surface area contributed by atoms with Crippen LogP contribution in [-0.2, 0) is 29.1 Å². The third-order valence-corrected chi connectivity index (χ3v) is 11.4. The summed E-state index contributed by atoms with van der Waals surface area (Å²) in [5, 5.41) is 0. The van der Waals surface area contributed by atoms with Crippen LogP contribution >= 0.6 is 35.7 Å². The Morgan fingerprint density at radius 3 is 2.05 bits per heavy atom. The quantitative estimate of drug-likeness (QED) is 0.240. The molecule has 206 valence electrons. The largest absolute Gasteiger partial charge is 0.494 e. The van der Waals surface area contributed by atoms with E-state index in [0.717, 1.165) is 29.1 Å². The molecule has 0 aromatic heterocycles. The molecule has 2 heterocycles. The van der Waals surface area contributed by atoms with E-state index in [0.29, 0.717) is 38.3 Å². The summed E-state index contributed by atoms with van der Waals surface area (Å²) < 4.78 is 45.6. The van der Waals surface area contributed by atoms with Crippen LogP contribution in [0.15, 0.2) is 61.4 Å². The molecule has 2 aromatic carbocycles. The standard InChI is InChI=1S/C27H27NO7S4/c1-7-35-16-10-13-19-18(14-16)20(26-37-21(24(29)33-5)22(38-26)25(30)34-6)23(36)27(3,4)28(19)39(31,32)17-11-8-15(2)9-12-17/h8-14H,7H2,1-6H3. The summed E-state index contributed by atoms with van der Waals surface area (Å²) in [7, 11) is -1.59. The molecule has 0 unspecified atom stereocenters. The van der Waals surface area contributed by atoms with E-state index in [-0.39, 0.29) is 14.7 Å². The van der Waals surface area contributed by atoms with Crippen LogP contribution in [0.2, 0.25) is 0 Å². The smallest absolute Gasteiger partial charge is 0.346 e. The second kappa shape index (κ2) is 11.0. The van der Waals surface area contributed by atoms with Crippen LogP contribution in [0.1, 0.15) is 31.9 Å². The molecule has 0 amide bonds. The van der Waals surface area contributed by atoms with Gasteiger partial charge in [-0.1, -0.05) is 53.4 Å². The molecule has 0 bridgehead atoms. The number of fused-ring (bicyclic) bond motifs is 1. The molecule has 2 aliphatic rings. The van der Waals surface area contributed by atoms with Crippen molar-refractivity contribution in [2.45, 2.75) is 38.1 Å². The van der Waals surface area contributed by atoms with Crippen LogP contribution in [0.5, 0.6) is 5.75 Å². The average Bonchev–Trinajstić information content (AvgIpc) is 3.34. The van der Waals surface area contributed by atoms with Gasteiger partial charge in [0, 0.05) is 11.1 Å². The molecule has 0 radical (unpaired) electrons. The Morgan fingerprint density at radius 1 is 0.974 bits per heavy atom. The van der Waals surface area contributed by atoms with Crippen molar-refractivity contribution < 1.29 is 32.2 Å². The molecule has 2 aliphatic heterocycles. The Morgan fingerprint density at radius 2 is 1.54 bits per heavy atom. The van der Waals surface area contributed by atoms with E-state index >= 15 is 0 Å². The Bertz CT molecular complexity index is 1510. The van der Waals surface area contributed by atoms with Gasteiger partial charge in [-0.3, -0.25) is 4.31 Å². The van der Waals surface area contributed by atoms with Crippen LogP contribution in [0.25, 0.3) is 5.57 Å². The van der Waals surface area contributed by atoms with E-state index in [9.17, 15) is 18.0 Å². The van der Waals surface area contributed by atoms with Crippen molar-refractivity contribution in [1.82, 2.24) is 0 Å². The van der Waals surface area contributed by atoms with Gasteiger partial charge in [-0.2, -0.15) is 0 Å². The van der Waals surface area contributed by atoms with Crippen LogP contribution in [-0.4, -0.2) is 51.6 Å². The molecule has 0 aliphatic carbocycles. The predicted octanol–water partition coefficient (Wildman–Crippen LogP) is 5.46. The fraction of sp³-hybridized carbons (Fsp3) is 0.296. The second-order valence-corrected chi connectivity index (χ2v) is 13.6. The van der Waals surface area contributed by atoms with Crippen molar-refractivity contribution in [2.24, 2.45) is 0 Å². The van der Waals surface area contributed by atoms with Gasteiger partial charge in [0.1, 0.15) is 15.6 Å². The maximum atomic E-state index is 14.1. The molecule has 0 fully saturated rings. The van der Waals surface area contributed by atoms with E-state index in [2.05, 4.69) is 0 Å². The number of rotatable bonds is 6. The number of hydrogen-bond donors (Lipinski definition) is 0. The highest BCUT2D eigenvalue weighted by Gasteiger charge is 2.48. The number of esters is 2. The summed E-state index contributed by atoms with van der Waals surface area (Å²) in [5.74, 6) is -0.848. The van der Waals surface area contributed by atoms with Crippen molar-refractivity contribution in [1.29, 1.82) is 0 Å². The summed E-state index contributed by atoms with van der Waals surface area (Å²) in [4.78, 5) is 25.7. The average molecular weight is 606 g/mol. The number of methoxy groups -OCH3 is 2. The van der Waals surface area contributed by atoms with Crippen molar-refractivity contribution in [3.8, 4) is 5.75 Å². The van der Waals surface area contributed by atoms with E-state index < -0.39 is 27.5 Å². The van der Waals surface area contributed by atoms with Gasteiger partial charge in [0.05, 0.1) is 46.1 Å². The molecule has 2 aromatic rings. The first-order valence-electron chi connectivity index (χ1n) is 11.8. The van der Waals surface area contributed by atoms with Gasteiger partial charge >= 0.3 is 11.9 Å². The lowest BCUT2D eigenvalue weighted by Crippen LogP contribution is -2.55. The zero-order valence-electron chi connectivity index (χ0n) is 22.2. The minimum Gasteiger partial charge on any atom is -0.494 e. The number of hydrogen-bond acceptors (Lipinski definition) is 10. The lowest BCUT2D eigenvalue weighted by Gasteiger charge is -2.45. The molecule has 0 N–H and O–H groups in total. The molecule has 12 heteroatoms. The molecular weight excluding hydrogens is 579 g/mol. The molecule has 0 spiro atoms. The van der Waals surface area contributed by atoms with Gasteiger partial charge in [-0.05, 0) is 58.0 Å². The summed E-state index contributed by atoms with van der Waals surface area (Å²) in [6.45, 7) is 7.60. The van der Waals surface area contributed by atoms with Crippen LogP contribution in [0.4, 0.5) is 5.69 Å². The van der Waals surface area contributed by atoms with Gasteiger partial charge in [0.15, 0.2) is 0 Å². The van der Waals surface area contributed by atoms with Gasteiger partial charge in [0.2, 0.25) is 0 Å². The van der Waals surface area contributed by atoms with Crippen molar-refractivity contribution in [3.63, 3.8) is 0 Å². The number of aryl methyl sites for hydroxylation is 1. The van der Waals surface area contributed by atoms with Gasteiger partial charge in [-0.25, -0.2) is 18.0 Å². The van der Waals surface area contributed by atoms with Crippen LogP contribution < -0.4 is 9.04 Å². The maximum Gasteiger partial charge on any atom is 0.346 e. The summed E-state index contributed by atoms with van der Waals surface area (Å²) >= 11 is 8.08. The zero-order valence-corrected chi connectivity index (χ0v) is 25.5. The molecule has 8 nitrogen and oxygen atoms in total. The molecular formula is C27H27NO7S4. The Labute approximate surface area is 241 Å². The number of benzene rings is 2. The summed E-state index contributed by atoms with van der Waals surface area (Å²) in [5.41, 5.74) is 1.18. The summed E-state index contributed by atoms with van der Waals surface area (Å²) in [6, 6.07) is 11.8. The van der Waals surface area contributed by atoms with Gasteiger partial charge in [0.25, 0.3) is 10.0 Å². The number of anilines is 1. The summed E-state index contributed by atoms with van der Waals surface area (Å²) in [6.07, 6.45) is 0. The monoisotopic (exact) mass is 605 g/mol.